The van der Waals surface area contributed by atoms with E-state index in [0.717, 1.165) is 11.1 Å². The molecule has 6 heteroatoms. The molecule has 2 aromatic carbocycles. The molecule has 0 spiro atoms. The minimum atomic E-state index is -0.227. The molecule has 0 saturated carbocycles. The summed E-state index contributed by atoms with van der Waals surface area (Å²) >= 11 is 12.1. The second-order valence-corrected chi connectivity index (χ2v) is 6.60. The van der Waals surface area contributed by atoms with Crippen molar-refractivity contribution in [1.82, 2.24) is 4.90 Å². The van der Waals surface area contributed by atoms with Crippen LogP contribution in [0.4, 0.5) is 0 Å². The average molecular weight is 374 g/mol. The maximum absolute atomic E-state index is 12.7. The van der Waals surface area contributed by atoms with Gasteiger partial charge >= 0.3 is 0 Å². The van der Waals surface area contributed by atoms with Crippen LogP contribution in [0.3, 0.4) is 0 Å². The van der Waals surface area contributed by atoms with Gasteiger partial charge in [-0.2, -0.15) is 0 Å². The van der Waals surface area contributed by atoms with Crippen LogP contribution in [0.5, 0.6) is 0 Å². The summed E-state index contributed by atoms with van der Waals surface area (Å²) in [6, 6.07) is 14.5. The van der Waals surface area contributed by atoms with Crippen molar-refractivity contribution in [3.05, 3.63) is 75.3 Å². The van der Waals surface area contributed by atoms with Crippen molar-refractivity contribution in [3.63, 3.8) is 0 Å². The van der Waals surface area contributed by atoms with Crippen molar-refractivity contribution in [1.29, 1.82) is 5.41 Å². The molecule has 0 unspecified atom stereocenters. The van der Waals surface area contributed by atoms with E-state index in [1.54, 1.807) is 23.1 Å². The number of piperidine rings is 1. The molecular weight excluding hydrogens is 357 g/mol. The van der Waals surface area contributed by atoms with Gasteiger partial charge in [0.2, 0.25) is 0 Å². The topological polar surface area (TPSA) is 70.2 Å². The van der Waals surface area contributed by atoms with E-state index in [-0.39, 0.29) is 17.5 Å². The second-order valence-electron chi connectivity index (χ2n) is 5.81. The predicted molar refractivity (Wildman–Crippen MR) is 102 cm³/mol. The van der Waals surface area contributed by atoms with Crippen LogP contribution in [0.15, 0.2) is 54.1 Å². The Hall–Kier alpha value is -2.30. The first-order valence-corrected chi connectivity index (χ1v) is 8.59. The molecule has 25 heavy (non-hydrogen) atoms. The molecule has 3 rings (SSSR count). The highest BCUT2D eigenvalue weighted by Crippen LogP contribution is 2.28. The molecule has 1 amide bonds. The Morgan fingerprint density at radius 3 is 2.48 bits per heavy atom. The molecular formula is C19H17Cl2N3O. The van der Waals surface area contributed by atoms with E-state index in [9.17, 15) is 4.79 Å². The Kier molecular flexibility index (Phi) is 5.11. The first kappa shape index (κ1) is 17.5. The van der Waals surface area contributed by atoms with E-state index in [4.69, 9.17) is 34.3 Å². The van der Waals surface area contributed by atoms with E-state index in [1.807, 2.05) is 30.3 Å². The van der Waals surface area contributed by atoms with Crippen molar-refractivity contribution >= 4 is 40.5 Å². The number of rotatable bonds is 2. The van der Waals surface area contributed by atoms with Crippen LogP contribution in [-0.4, -0.2) is 29.6 Å². The number of halogens is 2. The minimum Gasteiger partial charge on any atom is -0.398 e. The van der Waals surface area contributed by atoms with E-state index >= 15 is 0 Å². The maximum atomic E-state index is 12.7. The van der Waals surface area contributed by atoms with Crippen LogP contribution < -0.4 is 5.73 Å². The molecule has 0 radical (unpaired) electrons. The summed E-state index contributed by atoms with van der Waals surface area (Å²) in [4.78, 5) is 14.3. The molecule has 2 aromatic rings. The van der Waals surface area contributed by atoms with Gasteiger partial charge in [-0.05, 0) is 24.1 Å². The SMILES string of the molecule is N=C1CN(C(=O)c2cccc(Cl)c2Cl)CCC1=C(N)c1ccccc1. The van der Waals surface area contributed by atoms with Crippen molar-refractivity contribution < 1.29 is 4.79 Å². The number of benzene rings is 2. The lowest BCUT2D eigenvalue weighted by Crippen LogP contribution is -2.41. The highest BCUT2D eigenvalue weighted by Gasteiger charge is 2.27. The fraction of sp³-hybridized carbons (Fsp3) is 0.158. The van der Waals surface area contributed by atoms with Crippen LogP contribution in [0.25, 0.3) is 5.70 Å². The number of nitrogens with zero attached hydrogens (tertiary/aromatic N) is 1. The normalized spacial score (nSPS) is 16.7. The Bertz CT molecular complexity index is 862. The first-order valence-electron chi connectivity index (χ1n) is 7.84. The molecule has 4 nitrogen and oxygen atoms in total. The maximum Gasteiger partial charge on any atom is 0.255 e. The molecule has 1 fully saturated rings. The molecule has 1 saturated heterocycles. The molecule has 0 aliphatic carbocycles. The van der Waals surface area contributed by atoms with Crippen LogP contribution in [-0.2, 0) is 0 Å². The van der Waals surface area contributed by atoms with Crippen LogP contribution >= 0.6 is 23.2 Å². The van der Waals surface area contributed by atoms with Gasteiger partial charge in [-0.15, -0.1) is 0 Å². The number of hydrogen-bond acceptors (Lipinski definition) is 3. The number of likely N-dealkylation sites (tertiary alicyclic amines) is 1. The largest absolute Gasteiger partial charge is 0.398 e. The van der Waals surface area contributed by atoms with E-state index in [1.165, 1.54) is 0 Å². The van der Waals surface area contributed by atoms with Gasteiger partial charge in [-0.1, -0.05) is 59.6 Å². The van der Waals surface area contributed by atoms with Crippen LogP contribution in [0, 0.1) is 5.41 Å². The summed E-state index contributed by atoms with van der Waals surface area (Å²) in [7, 11) is 0. The number of amides is 1. The van der Waals surface area contributed by atoms with Crippen molar-refractivity contribution in [2.24, 2.45) is 5.73 Å². The summed E-state index contributed by atoms with van der Waals surface area (Å²) in [6.07, 6.45) is 0.531. The Morgan fingerprint density at radius 1 is 1.08 bits per heavy atom. The fourth-order valence-electron chi connectivity index (χ4n) is 2.86. The quantitative estimate of drug-likeness (QED) is 0.826. The van der Waals surface area contributed by atoms with Crippen molar-refractivity contribution in [2.75, 3.05) is 13.1 Å². The summed E-state index contributed by atoms with van der Waals surface area (Å²) in [5.74, 6) is -0.227. The molecule has 1 aliphatic rings. The lowest BCUT2D eigenvalue weighted by molar-refractivity contribution is 0.0776. The van der Waals surface area contributed by atoms with Gasteiger partial charge in [-0.25, -0.2) is 0 Å². The highest BCUT2D eigenvalue weighted by molar-refractivity contribution is 6.43. The number of hydrogen-bond donors (Lipinski definition) is 2. The van der Waals surface area contributed by atoms with Gasteiger partial charge in [0, 0.05) is 17.8 Å². The van der Waals surface area contributed by atoms with Crippen molar-refractivity contribution in [2.45, 2.75) is 6.42 Å². The third kappa shape index (κ3) is 3.55. The number of nitrogens with one attached hydrogen (secondary N) is 1. The number of nitrogens with two attached hydrogens (primary N) is 1. The molecule has 3 N–H and O–H groups in total. The van der Waals surface area contributed by atoms with Crippen LogP contribution in [0.1, 0.15) is 22.3 Å². The molecule has 0 aromatic heterocycles. The molecule has 0 bridgehead atoms. The fourth-order valence-corrected chi connectivity index (χ4v) is 3.25. The zero-order valence-electron chi connectivity index (χ0n) is 13.4. The lowest BCUT2D eigenvalue weighted by atomic mass is 9.96. The van der Waals surface area contributed by atoms with E-state index in [2.05, 4.69) is 0 Å². The summed E-state index contributed by atoms with van der Waals surface area (Å²) in [5.41, 5.74) is 9.20. The van der Waals surface area contributed by atoms with E-state index < -0.39 is 0 Å². The molecule has 128 valence electrons. The zero-order chi connectivity index (χ0) is 18.0. The Labute approximate surface area is 156 Å². The molecule has 1 heterocycles. The van der Waals surface area contributed by atoms with Gasteiger partial charge < -0.3 is 16.0 Å². The summed E-state index contributed by atoms with van der Waals surface area (Å²) in [5, 5.41) is 8.90. The van der Waals surface area contributed by atoms with Gasteiger partial charge in [-0.3, -0.25) is 4.79 Å². The first-order chi connectivity index (χ1) is 12.0. The van der Waals surface area contributed by atoms with Gasteiger partial charge in [0.25, 0.3) is 5.91 Å². The Morgan fingerprint density at radius 2 is 1.80 bits per heavy atom. The summed E-state index contributed by atoms with van der Waals surface area (Å²) in [6.45, 7) is 0.678. The lowest BCUT2D eigenvalue weighted by Gasteiger charge is -2.30. The number of carbonyl (C=O) groups is 1. The van der Waals surface area contributed by atoms with Crippen LogP contribution in [0.2, 0.25) is 10.0 Å². The third-order valence-corrected chi connectivity index (χ3v) is 5.04. The second kappa shape index (κ2) is 7.30. The standard InChI is InChI=1S/C19H17Cl2N3O/c20-15-8-4-7-14(17(15)21)19(25)24-10-9-13(16(22)11-24)18(23)12-5-2-1-3-6-12/h1-8,22H,9-11,23H2. The van der Waals surface area contributed by atoms with Gasteiger partial charge in [0.05, 0.1) is 27.9 Å². The monoisotopic (exact) mass is 373 g/mol. The Balaban J connectivity index is 1.81. The number of carbonyl (C=O) groups excluding carboxylic acids is 1. The van der Waals surface area contributed by atoms with Crippen molar-refractivity contribution in [3.8, 4) is 0 Å². The molecule has 0 atom stereocenters. The van der Waals surface area contributed by atoms with Gasteiger partial charge in [0.15, 0.2) is 0 Å². The highest BCUT2D eigenvalue weighted by atomic mass is 35.5. The predicted octanol–water partition coefficient (Wildman–Crippen LogP) is 4.23. The molecule has 1 aliphatic heterocycles. The zero-order valence-corrected chi connectivity index (χ0v) is 14.9. The third-order valence-electron chi connectivity index (χ3n) is 4.22. The summed E-state index contributed by atoms with van der Waals surface area (Å²) < 4.78 is 0. The smallest absolute Gasteiger partial charge is 0.255 e. The minimum absolute atomic E-state index is 0.199. The van der Waals surface area contributed by atoms with Gasteiger partial charge in [0.1, 0.15) is 0 Å². The average Bonchev–Trinajstić information content (AvgIpc) is 2.63. The van der Waals surface area contributed by atoms with E-state index in [0.29, 0.717) is 35.0 Å².